The predicted octanol–water partition coefficient (Wildman–Crippen LogP) is 1.35. The lowest BCUT2D eigenvalue weighted by atomic mass is 10.1. The monoisotopic (exact) mass is 281 g/mol. The highest BCUT2D eigenvalue weighted by Gasteiger charge is 2.14. The SMILES string of the molecule is COc1cc(C(=O)O)cc2cc(S(C)(=O)=O)cnc12. The van der Waals surface area contributed by atoms with Gasteiger partial charge in [0, 0.05) is 17.8 Å². The second-order valence-corrected chi connectivity index (χ2v) is 6.01. The summed E-state index contributed by atoms with van der Waals surface area (Å²) >= 11 is 0. The number of carboxylic acid groups (broad SMARTS) is 1. The van der Waals surface area contributed by atoms with E-state index in [0.717, 1.165) is 6.26 Å². The highest BCUT2D eigenvalue weighted by molar-refractivity contribution is 7.90. The Kier molecular flexibility index (Phi) is 3.15. The van der Waals surface area contributed by atoms with Crippen LogP contribution in [0.5, 0.6) is 5.75 Å². The number of rotatable bonds is 3. The summed E-state index contributed by atoms with van der Waals surface area (Å²) in [5.41, 5.74) is 0.428. The number of ether oxygens (including phenoxy) is 1. The molecule has 1 heterocycles. The molecule has 0 saturated carbocycles. The molecule has 6 nitrogen and oxygen atoms in total. The number of aromatic nitrogens is 1. The molecule has 1 aromatic carbocycles. The third-order valence-corrected chi connectivity index (χ3v) is 3.70. The smallest absolute Gasteiger partial charge is 0.335 e. The lowest BCUT2D eigenvalue weighted by Gasteiger charge is -2.07. The Morgan fingerprint density at radius 2 is 2.00 bits per heavy atom. The van der Waals surface area contributed by atoms with Gasteiger partial charge in [0.2, 0.25) is 0 Å². The first kappa shape index (κ1) is 13.3. The number of carboxylic acids is 1. The number of methoxy groups -OCH3 is 1. The van der Waals surface area contributed by atoms with Crippen molar-refractivity contribution >= 4 is 26.7 Å². The van der Waals surface area contributed by atoms with Gasteiger partial charge in [-0.25, -0.2) is 13.2 Å². The van der Waals surface area contributed by atoms with Crippen molar-refractivity contribution in [1.29, 1.82) is 0 Å². The van der Waals surface area contributed by atoms with E-state index in [1.54, 1.807) is 0 Å². The zero-order valence-corrected chi connectivity index (χ0v) is 11.1. The Morgan fingerprint density at radius 3 is 2.53 bits per heavy atom. The van der Waals surface area contributed by atoms with Crippen LogP contribution >= 0.6 is 0 Å². The molecule has 0 aliphatic rings. The van der Waals surface area contributed by atoms with Gasteiger partial charge in [0.15, 0.2) is 9.84 Å². The summed E-state index contributed by atoms with van der Waals surface area (Å²) in [6, 6.07) is 4.09. The van der Waals surface area contributed by atoms with Gasteiger partial charge in [-0.3, -0.25) is 4.98 Å². The summed E-state index contributed by atoms with van der Waals surface area (Å²) < 4.78 is 28.0. The molecule has 0 aliphatic heterocycles. The summed E-state index contributed by atoms with van der Waals surface area (Å²) in [6.45, 7) is 0. The van der Waals surface area contributed by atoms with Crippen molar-refractivity contribution in [1.82, 2.24) is 4.98 Å². The van der Waals surface area contributed by atoms with Gasteiger partial charge >= 0.3 is 5.97 Å². The van der Waals surface area contributed by atoms with Crippen LogP contribution in [0.15, 0.2) is 29.3 Å². The van der Waals surface area contributed by atoms with Crippen LogP contribution < -0.4 is 4.74 Å². The number of sulfone groups is 1. The normalized spacial score (nSPS) is 11.5. The first-order valence-corrected chi connectivity index (χ1v) is 7.13. The van der Waals surface area contributed by atoms with Crippen LogP contribution in [-0.4, -0.2) is 37.8 Å². The molecule has 0 atom stereocenters. The maximum atomic E-state index is 11.5. The van der Waals surface area contributed by atoms with Gasteiger partial charge in [-0.2, -0.15) is 0 Å². The molecular formula is C12H11NO5S. The molecule has 0 aliphatic carbocycles. The van der Waals surface area contributed by atoms with Gasteiger partial charge in [-0.15, -0.1) is 0 Å². The average molecular weight is 281 g/mol. The summed E-state index contributed by atoms with van der Waals surface area (Å²) in [5.74, 6) is -0.833. The average Bonchev–Trinajstić information content (AvgIpc) is 2.35. The lowest BCUT2D eigenvalue weighted by Crippen LogP contribution is -2.01. The van der Waals surface area contributed by atoms with Crippen molar-refractivity contribution in [2.45, 2.75) is 4.90 Å². The predicted molar refractivity (Wildman–Crippen MR) is 68.4 cm³/mol. The fourth-order valence-electron chi connectivity index (χ4n) is 1.68. The molecule has 1 aromatic heterocycles. The van der Waals surface area contributed by atoms with Gasteiger partial charge < -0.3 is 9.84 Å². The van der Waals surface area contributed by atoms with E-state index in [9.17, 15) is 13.2 Å². The van der Waals surface area contributed by atoms with Gasteiger partial charge in [-0.05, 0) is 18.2 Å². The molecule has 7 heteroatoms. The zero-order valence-electron chi connectivity index (χ0n) is 10.2. The maximum absolute atomic E-state index is 11.5. The molecule has 2 aromatic rings. The molecular weight excluding hydrogens is 270 g/mol. The lowest BCUT2D eigenvalue weighted by molar-refractivity contribution is 0.0696. The molecule has 19 heavy (non-hydrogen) atoms. The van der Waals surface area contributed by atoms with Crippen LogP contribution in [0.4, 0.5) is 0 Å². The van der Waals surface area contributed by atoms with Crippen LogP contribution in [0.25, 0.3) is 10.9 Å². The van der Waals surface area contributed by atoms with Crippen molar-refractivity contribution in [2.75, 3.05) is 13.4 Å². The Hall–Kier alpha value is -2.15. The van der Waals surface area contributed by atoms with Gasteiger partial charge in [0.05, 0.1) is 17.6 Å². The van der Waals surface area contributed by atoms with E-state index in [4.69, 9.17) is 9.84 Å². The Bertz CT molecular complexity index is 767. The van der Waals surface area contributed by atoms with Crippen molar-refractivity contribution in [3.05, 3.63) is 30.0 Å². The highest BCUT2D eigenvalue weighted by Crippen LogP contribution is 2.27. The fourth-order valence-corrected chi connectivity index (χ4v) is 2.26. The Balaban J connectivity index is 2.81. The van der Waals surface area contributed by atoms with E-state index in [2.05, 4.69) is 4.98 Å². The number of carbonyl (C=O) groups is 1. The molecule has 0 spiro atoms. The molecule has 100 valence electrons. The van der Waals surface area contributed by atoms with E-state index in [0.29, 0.717) is 10.9 Å². The summed E-state index contributed by atoms with van der Waals surface area (Å²) in [5, 5.41) is 9.40. The van der Waals surface area contributed by atoms with Crippen LogP contribution in [0.1, 0.15) is 10.4 Å². The van der Waals surface area contributed by atoms with Crippen molar-refractivity contribution in [2.24, 2.45) is 0 Å². The largest absolute Gasteiger partial charge is 0.494 e. The fraction of sp³-hybridized carbons (Fsp3) is 0.167. The number of fused-ring (bicyclic) bond motifs is 1. The molecule has 2 rings (SSSR count). The summed E-state index contributed by atoms with van der Waals surface area (Å²) in [4.78, 5) is 15.1. The molecule has 0 radical (unpaired) electrons. The van der Waals surface area contributed by atoms with Gasteiger partial charge in [0.25, 0.3) is 0 Å². The minimum Gasteiger partial charge on any atom is -0.494 e. The van der Waals surface area contributed by atoms with E-state index >= 15 is 0 Å². The minimum atomic E-state index is -3.40. The number of hydrogen-bond acceptors (Lipinski definition) is 5. The first-order valence-electron chi connectivity index (χ1n) is 5.24. The second kappa shape index (κ2) is 4.51. The number of hydrogen-bond donors (Lipinski definition) is 1. The third kappa shape index (κ3) is 2.50. The number of nitrogens with zero attached hydrogens (tertiary/aromatic N) is 1. The van der Waals surface area contributed by atoms with Gasteiger partial charge in [0.1, 0.15) is 11.3 Å². The van der Waals surface area contributed by atoms with Crippen LogP contribution in [0.2, 0.25) is 0 Å². The third-order valence-electron chi connectivity index (χ3n) is 2.62. The molecule has 0 amide bonds. The highest BCUT2D eigenvalue weighted by atomic mass is 32.2. The van der Waals surface area contributed by atoms with Gasteiger partial charge in [-0.1, -0.05) is 0 Å². The Morgan fingerprint density at radius 1 is 1.32 bits per heavy atom. The molecule has 0 fully saturated rings. The topological polar surface area (TPSA) is 93.6 Å². The van der Waals surface area contributed by atoms with Crippen LogP contribution in [-0.2, 0) is 9.84 Å². The standard InChI is InChI=1S/C12H11NO5S/c1-18-10-5-8(12(14)15)3-7-4-9(19(2,16)17)6-13-11(7)10/h3-6H,1-2H3,(H,14,15). The Labute approximate surface area is 109 Å². The maximum Gasteiger partial charge on any atom is 0.335 e. The van der Waals surface area contributed by atoms with Crippen molar-refractivity contribution < 1.29 is 23.1 Å². The van der Waals surface area contributed by atoms with E-state index < -0.39 is 15.8 Å². The number of aromatic carboxylic acids is 1. The van der Waals surface area contributed by atoms with Crippen molar-refractivity contribution in [3.63, 3.8) is 0 Å². The second-order valence-electron chi connectivity index (χ2n) is 4.00. The van der Waals surface area contributed by atoms with E-state index in [-0.39, 0.29) is 16.2 Å². The van der Waals surface area contributed by atoms with E-state index in [1.165, 1.54) is 31.5 Å². The molecule has 0 unspecified atom stereocenters. The van der Waals surface area contributed by atoms with Crippen molar-refractivity contribution in [3.8, 4) is 5.75 Å². The minimum absolute atomic E-state index is 0.0109. The van der Waals surface area contributed by atoms with Crippen LogP contribution in [0, 0.1) is 0 Å². The molecule has 0 bridgehead atoms. The summed E-state index contributed by atoms with van der Waals surface area (Å²) in [6.07, 6.45) is 2.29. The summed E-state index contributed by atoms with van der Waals surface area (Å²) in [7, 11) is -2.00. The zero-order chi connectivity index (χ0) is 14.2. The van der Waals surface area contributed by atoms with Crippen LogP contribution in [0.3, 0.4) is 0 Å². The first-order chi connectivity index (χ1) is 8.82. The quantitative estimate of drug-likeness (QED) is 0.912. The molecule has 0 saturated heterocycles. The molecule has 1 N–H and O–H groups in total. The number of pyridine rings is 1. The van der Waals surface area contributed by atoms with E-state index in [1.807, 2.05) is 0 Å². The number of benzene rings is 1.